The number of benzene rings is 1. The molecule has 236 valence electrons. The third-order valence-electron chi connectivity index (χ3n) is 8.44. The highest BCUT2D eigenvalue weighted by Crippen LogP contribution is 2.47. The van der Waals surface area contributed by atoms with E-state index in [1.54, 1.807) is 31.0 Å². The first-order valence-corrected chi connectivity index (χ1v) is 16.1. The van der Waals surface area contributed by atoms with Gasteiger partial charge in [0, 0.05) is 31.0 Å². The smallest absolute Gasteiger partial charge is 0.261 e. The van der Waals surface area contributed by atoms with Crippen LogP contribution in [0.3, 0.4) is 0 Å². The van der Waals surface area contributed by atoms with E-state index >= 15 is 0 Å². The summed E-state index contributed by atoms with van der Waals surface area (Å²) in [6.07, 6.45) is 7.15. The van der Waals surface area contributed by atoms with Crippen LogP contribution in [0.1, 0.15) is 101 Å². The Labute approximate surface area is 264 Å². The van der Waals surface area contributed by atoms with E-state index < -0.39 is 11.6 Å². The molecule has 6 rings (SSSR count). The van der Waals surface area contributed by atoms with Crippen LogP contribution in [-0.2, 0) is 17.9 Å². The van der Waals surface area contributed by atoms with Crippen LogP contribution in [0.15, 0.2) is 34.7 Å². The quantitative estimate of drug-likeness (QED) is 0.197. The molecule has 1 aromatic carbocycles. The maximum absolute atomic E-state index is 13.9. The maximum atomic E-state index is 13.9. The Bertz CT molecular complexity index is 1730. The zero-order valence-electron chi connectivity index (χ0n) is 25.5. The first-order valence-electron chi connectivity index (χ1n) is 15.3. The fraction of sp³-hybridized carbons (Fsp3) is 0.424. The van der Waals surface area contributed by atoms with Gasteiger partial charge in [0.15, 0.2) is 11.6 Å². The lowest BCUT2D eigenvalue weighted by atomic mass is 9.95. The molecule has 2 aliphatic rings. The molecular weight excluding hydrogens is 600 g/mol. The zero-order valence-corrected chi connectivity index (χ0v) is 26.3. The van der Waals surface area contributed by atoms with Crippen molar-refractivity contribution in [3.05, 3.63) is 75.2 Å². The number of aryl methyl sites for hydroxylation is 1. The fourth-order valence-electron chi connectivity index (χ4n) is 6.14. The van der Waals surface area contributed by atoms with Gasteiger partial charge in [0.05, 0.1) is 46.1 Å². The second-order valence-corrected chi connectivity index (χ2v) is 12.7. The Kier molecular flexibility index (Phi) is 9.04. The van der Waals surface area contributed by atoms with E-state index in [1.165, 1.54) is 23.8 Å². The van der Waals surface area contributed by atoms with Gasteiger partial charge < -0.3 is 19.4 Å². The number of fused-ring (bicyclic) bond motifs is 1. The normalized spacial score (nSPS) is 16.8. The molecule has 4 aromatic rings. The highest BCUT2D eigenvalue weighted by atomic mass is 32.1. The third kappa shape index (κ3) is 6.26. The molecule has 9 nitrogen and oxygen atoms in total. The molecule has 1 aliphatic carbocycles. The van der Waals surface area contributed by atoms with Gasteiger partial charge in [-0.3, -0.25) is 14.6 Å². The molecule has 0 spiro atoms. The average molecular weight is 636 g/mol. The van der Waals surface area contributed by atoms with Crippen molar-refractivity contribution < 1.29 is 27.5 Å². The summed E-state index contributed by atoms with van der Waals surface area (Å²) in [5, 5.41) is 11.2. The summed E-state index contributed by atoms with van der Waals surface area (Å²) in [7, 11) is 1.79. The minimum atomic E-state index is -0.977. The van der Waals surface area contributed by atoms with Crippen molar-refractivity contribution in [2.75, 3.05) is 7.05 Å². The Hall–Kier alpha value is -4.03. The van der Waals surface area contributed by atoms with Gasteiger partial charge in [0.2, 0.25) is 11.8 Å². The molecule has 2 amide bonds. The van der Waals surface area contributed by atoms with Gasteiger partial charge >= 0.3 is 0 Å². The van der Waals surface area contributed by atoms with Gasteiger partial charge in [0.25, 0.3) is 11.8 Å². The SMILES string of the molecule is CCC[C@H]1c2nc(COC3CCCCC3)c(-c3nnc(C)o3)c(-c3ccc(C(=O)NCc4ccc(F)c(F)c4)s3)c2C(=O)N1C. The summed E-state index contributed by atoms with van der Waals surface area (Å²) in [5.41, 5.74) is 3.29. The van der Waals surface area contributed by atoms with E-state index in [-0.39, 0.29) is 43.0 Å². The summed E-state index contributed by atoms with van der Waals surface area (Å²) in [6.45, 7) is 4.01. The van der Waals surface area contributed by atoms with Crippen molar-refractivity contribution in [1.29, 1.82) is 0 Å². The second-order valence-electron chi connectivity index (χ2n) is 11.6. The topological polar surface area (TPSA) is 110 Å². The Morgan fingerprint density at radius 1 is 1.09 bits per heavy atom. The highest BCUT2D eigenvalue weighted by molar-refractivity contribution is 7.17. The van der Waals surface area contributed by atoms with E-state index in [0.29, 0.717) is 49.3 Å². The number of carbonyl (C=O) groups excluding carboxylic acids is 2. The number of rotatable bonds is 10. The molecule has 0 saturated heterocycles. The maximum Gasteiger partial charge on any atom is 0.261 e. The molecule has 0 bridgehead atoms. The molecule has 1 atom stereocenters. The third-order valence-corrected chi connectivity index (χ3v) is 9.54. The number of nitrogens with zero attached hydrogens (tertiary/aromatic N) is 4. The van der Waals surface area contributed by atoms with Crippen molar-refractivity contribution in [3.63, 3.8) is 0 Å². The lowest BCUT2D eigenvalue weighted by molar-refractivity contribution is 0.0153. The van der Waals surface area contributed by atoms with E-state index in [1.807, 2.05) is 0 Å². The van der Waals surface area contributed by atoms with Crippen LogP contribution in [0.4, 0.5) is 8.78 Å². The lowest BCUT2D eigenvalue weighted by Crippen LogP contribution is -2.23. The number of halogens is 2. The van der Waals surface area contributed by atoms with Crippen LogP contribution >= 0.6 is 11.3 Å². The second kappa shape index (κ2) is 13.1. The number of aromatic nitrogens is 3. The fourth-order valence-corrected chi connectivity index (χ4v) is 7.12. The van der Waals surface area contributed by atoms with Crippen molar-refractivity contribution >= 4 is 23.2 Å². The van der Waals surface area contributed by atoms with E-state index in [2.05, 4.69) is 22.4 Å². The molecular formula is C33H35F2N5O4S. The number of hydrogen-bond acceptors (Lipinski definition) is 8. The molecule has 1 N–H and O–H groups in total. The van der Waals surface area contributed by atoms with E-state index in [4.69, 9.17) is 14.1 Å². The largest absolute Gasteiger partial charge is 0.421 e. The monoisotopic (exact) mass is 635 g/mol. The van der Waals surface area contributed by atoms with Gasteiger partial charge in [-0.1, -0.05) is 38.7 Å². The standard InChI is InChI=1S/C33H35F2N5O4S/c1-4-8-24-30-29(33(42)40(24)3)28(25-13-14-26(45-25)31(41)36-16-19-11-12-21(34)22(35)15-19)27(32-39-38-18(2)44-32)23(37-30)17-43-20-9-6-5-7-10-20/h11-15,20,24H,4-10,16-17H2,1-3H3,(H,36,41)/t24-/m0/s1. The van der Waals surface area contributed by atoms with Crippen LogP contribution in [0.25, 0.3) is 21.9 Å². The number of ether oxygens (including phenoxy) is 1. The first kappa shape index (κ1) is 31.0. The minimum absolute atomic E-state index is 0.0189. The van der Waals surface area contributed by atoms with Gasteiger partial charge in [-0.15, -0.1) is 21.5 Å². The molecule has 1 aliphatic heterocycles. The Morgan fingerprint density at radius 3 is 2.60 bits per heavy atom. The summed E-state index contributed by atoms with van der Waals surface area (Å²) in [5.74, 6) is -1.88. The Balaban J connectivity index is 1.42. The Morgan fingerprint density at radius 2 is 1.89 bits per heavy atom. The molecule has 1 saturated carbocycles. The summed E-state index contributed by atoms with van der Waals surface area (Å²) in [4.78, 5) is 34.9. The number of amides is 2. The van der Waals surface area contributed by atoms with Gasteiger partial charge in [-0.05, 0) is 49.1 Å². The van der Waals surface area contributed by atoms with Crippen LogP contribution in [-0.4, -0.2) is 45.0 Å². The molecule has 4 heterocycles. The van der Waals surface area contributed by atoms with Crippen molar-refractivity contribution in [1.82, 2.24) is 25.4 Å². The molecule has 1 fully saturated rings. The molecule has 0 radical (unpaired) electrons. The van der Waals surface area contributed by atoms with Crippen LogP contribution in [0.5, 0.6) is 0 Å². The number of nitrogens with one attached hydrogen (secondary N) is 1. The van der Waals surface area contributed by atoms with Gasteiger partial charge in [0.1, 0.15) is 0 Å². The average Bonchev–Trinajstić information content (AvgIpc) is 3.76. The molecule has 3 aromatic heterocycles. The minimum Gasteiger partial charge on any atom is -0.421 e. The zero-order chi connectivity index (χ0) is 31.7. The number of hydrogen-bond donors (Lipinski definition) is 1. The number of carbonyl (C=O) groups is 2. The van der Waals surface area contributed by atoms with Crippen LogP contribution in [0.2, 0.25) is 0 Å². The number of pyridine rings is 1. The predicted octanol–water partition coefficient (Wildman–Crippen LogP) is 7.15. The van der Waals surface area contributed by atoms with Crippen molar-refractivity contribution in [3.8, 4) is 21.9 Å². The summed E-state index contributed by atoms with van der Waals surface area (Å²) in [6, 6.07) is 6.78. The highest BCUT2D eigenvalue weighted by Gasteiger charge is 2.41. The van der Waals surface area contributed by atoms with Crippen LogP contribution in [0, 0.1) is 18.6 Å². The van der Waals surface area contributed by atoms with Gasteiger partial charge in [-0.2, -0.15) is 0 Å². The molecule has 12 heteroatoms. The van der Waals surface area contributed by atoms with Crippen molar-refractivity contribution in [2.24, 2.45) is 0 Å². The number of thiophene rings is 1. The van der Waals surface area contributed by atoms with E-state index in [0.717, 1.165) is 50.7 Å². The lowest BCUT2D eigenvalue weighted by Gasteiger charge is -2.23. The summed E-state index contributed by atoms with van der Waals surface area (Å²) < 4.78 is 39.4. The predicted molar refractivity (Wildman–Crippen MR) is 165 cm³/mol. The van der Waals surface area contributed by atoms with E-state index in [9.17, 15) is 18.4 Å². The van der Waals surface area contributed by atoms with Gasteiger partial charge in [-0.25, -0.2) is 8.78 Å². The molecule has 45 heavy (non-hydrogen) atoms. The summed E-state index contributed by atoms with van der Waals surface area (Å²) >= 11 is 1.21. The molecule has 0 unspecified atom stereocenters. The first-order chi connectivity index (χ1) is 21.7. The van der Waals surface area contributed by atoms with Crippen LogP contribution < -0.4 is 5.32 Å². The van der Waals surface area contributed by atoms with Crippen molar-refractivity contribution in [2.45, 2.75) is 84.1 Å².